The third kappa shape index (κ3) is 2.81. The van der Waals surface area contributed by atoms with Crippen molar-refractivity contribution in [1.29, 1.82) is 0 Å². The predicted molar refractivity (Wildman–Crippen MR) is 89.9 cm³/mol. The zero-order chi connectivity index (χ0) is 15.7. The van der Waals surface area contributed by atoms with Gasteiger partial charge in [0.2, 0.25) is 0 Å². The highest BCUT2D eigenvalue weighted by Crippen LogP contribution is 2.29. The number of fused-ring (bicyclic) bond motifs is 1. The van der Waals surface area contributed by atoms with Crippen molar-refractivity contribution >= 4 is 11.4 Å². The molecule has 1 unspecified atom stereocenters. The van der Waals surface area contributed by atoms with Crippen LogP contribution in [-0.2, 0) is 6.42 Å². The van der Waals surface area contributed by atoms with Gasteiger partial charge in [-0.05, 0) is 62.8 Å². The number of aryl methyl sites for hydroxylation is 3. The standard InChI is InChI=1S/C19H22N2O/c1-12-6-4-7-13(2)18(12)20-14(3)16-11-10-15-8-5-9-17(22)19(15)21-16/h4,6-7,10-11,17,22H,5,8-9H2,1-3H3. The van der Waals surface area contributed by atoms with Crippen LogP contribution in [0, 0.1) is 13.8 Å². The number of aliphatic hydroxyl groups excluding tert-OH is 1. The summed E-state index contributed by atoms with van der Waals surface area (Å²) < 4.78 is 0. The second kappa shape index (κ2) is 6.01. The Balaban J connectivity index is 2.00. The molecule has 1 atom stereocenters. The molecule has 0 amide bonds. The van der Waals surface area contributed by atoms with E-state index in [1.165, 1.54) is 5.56 Å². The minimum atomic E-state index is -0.434. The lowest BCUT2D eigenvalue weighted by Gasteiger charge is -2.20. The highest BCUT2D eigenvalue weighted by atomic mass is 16.3. The second-order valence-electron chi connectivity index (χ2n) is 6.09. The molecule has 114 valence electrons. The minimum absolute atomic E-state index is 0.434. The van der Waals surface area contributed by atoms with E-state index in [2.05, 4.69) is 37.0 Å². The van der Waals surface area contributed by atoms with Crippen molar-refractivity contribution in [3.05, 3.63) is 58.4 Å². The highest BCUT2D eigenvalue weighted by molar-refractivity contribution is 5.99. The van der Waals surface area contributed by atoms with Crippen LogP contribution >= 0.6 is 0 Å². The molecule has 0 saturated heterocycles. The maximum atomic E-state index is 10.1. The molecule has 1 N–H and O–H groups in total. The quantitative estimate of drug-likeness (QED) is 0.843. The number of hydrogen-bond acceptors (Lipinski definition) is 3. The van der Waals surface area contributed by atoms with E-state index in [4.69, 9.17) is 4.99 Å². The zero-order valence-electron chi connectivity index (χ0n) is 13.4. The fraction of sp³-hybridized carbons (Fsp3) is 0.368. The van der Waals surface area contributed by atoms with Crippen LogP contribution in [0.15, 0.2) is 35.3 Å². The average Bonchev–Trinajstić information content (AvgIpc) is 2.51. The molecule has 3 rings (SSSR count). The first-order valence-electron chi connectivity index (χ1n) is 7.86. The van der Waals surface area contributed by atoms with Crippen LogP contribution in [0.2, 0.25) is 0 Å². The van der Waals surface area contributed by atoms with Gasteiger partial charge in [-0.2, -0.15) is 0 Å². The smallest absolute Gasteiger partial charge is 0.0962 e. The van der Waals surface area contributed by atoms with Crippen molar-refractivity contribution in [1.82, 2.24) is 4.98 Å². The molecule has 0 radical (unpaired) electrons. The molecule has 1 heterocycles. The van der Waals surface area contributed by atoms with Crippen LogP contribution in [0.1, 0.15) is 53.9 Å². The average molecular weight is 294 g/mol. The van der Waals surface area contributed by atoms with E-state index < -0.39 is 6.10 Å². The third-order valence-corrected chi connectivity index (χ3v) is 4.34. The summed E-state index contributed by atoms with van der Waals surface area (Å²) in [7, 11) is 0. The molecule has 3 heteroatoms. The van der Waals surface area contributed by atoms with Crippen LogP contribution in [0.4, 0.5) is 5.69 Å². The predicted octanol–water partition coefficient (Wildman–Crippen LogP) is 4.21. The number of aromatic nitrogens is 1. The summed E-state index contributed by atoms with van der Waals surface area (Å²) in [5.41, 5.74) is 7.08. The van der Waals surface area contributed by atoms with E-state index in [0.717, 1.165) is 53.2 Å². The summed E-state index contributed by atoms with van der Waals surface area (Å²) >= 11 is 0. The van der Waals surface area contributed by atoms with E-state index in [1.807, 2.05) is 19.1 Å². The van der Waals surface area contributed by atoms with Gasteiger partial charge in [0.1, 0.15) is 0 Å². The molecule has 0 aliphatic heterocycles. The normalized spacial score (nSPS) is 18.2. The number of hydrogen-bond donors (Lipinski definition) is 1. The van der Waals surface area contributed by atoms with Gasteiger partial charge in [0.15, 0.2) is 0 Å². The Hall–Kier alpha value is -2.00. The van der Waals surface area contributed by atoms with Gasteiger partial charge in [0.25, 0.3) is 0 Å². The Morgan fingerprint density at radius 2 is 1.91 bits per heavy atom. The largest absolute Gasteiger partial charge is 0.387 e. The fourth-order valence-corrected chi connectivity index (χ4v) is 3.03. The van der Waals surface area contributed by atoms with Crippen molar-refractivity contribution in [3.63, 3.8) is 0 Å². The van der Waals surface area contributed by atoms with Crippen molar-refractivity contribution in [2.75, 3.05) is 0 Å². The Morgan fingerprint density at radius 1 is 1.18 bits per heavy atom. The lowest BCUT2D eigenvalue weighted by Crippen LogP contribution is -2.14. The van der Waals surface area contributed by atoms with Crippen LogP contribution in [0.25, 0.3) is 0 Å². The second-order valence-corrected chi connectivity index (χ2v) is 6.09. The fourth-order valence-electron chi connectivity index (χ4n) is 3.03. The Morgan fingerprint density at radius 3 is 2.64 bits per heavy atom. The molecule has 3 nitrogen and oxygen atoms in total. The van der Waals surface area contributed by atoms with E-state index in [-0.39, 0.29) is 0 Å². The number of aliphatic hydroxyl groups is 1. The maximum Gasteiger partial charge on any atom is 0.0962 e. The van der Waals surface area contributed by atoms with Gasteiger partial charge in [-0.3, -0.25) is 4.99 Å². The number of benzene rings is 1. The number of pyridine rings is 1. The number of rotatable bonds is 2. The van der Waals surface area contributed by atoms with Crippen molar-refractivity contribution < 1.29 is 5.11 Å². The van der Waals surface area contributed by atoms with Gasteiger partial charge < -0.3 is 5.11 Å². The molecular formula is C19H22N2O. The first kappa shape index (κ1) is 14.9. The molecule has 0 bridgehead atoms. The van der Waals surface area contributed by atoms with Gasteiger partial charge in [0.05, 0.1) is 28.9 Å². The summed E-state index contributed by atoms with van der Waals surface area (Å²) in [4.78, 5) is 9.44. The van der Waals surface area contributed by atoms with Gasteiger partial charge in [-0.15, -0.1) is 0 Å². The van der Waals surface area contributed by atoms with Crippen molar-refractivity contribution in [2.24, 2.45) is 4.99 Å². The summed E-state index contributed by atoms with van der Waals surface area (Å²) in [6, 6.07) is 10.3. The van der Waals surface area contributed by atoms with Crippen molar-refractivity contribution in [2.45, 2.75) is 46.1 Å². The highest BCUT2D eigenvalue weighted by Gasteiger charge is 2.20. The van der Waals surface area contributed by atoms with E-state index >= 15 is 0 Å². The van der Waals surface area contributed by atoms with Gasteiger partial charge in [-0.25, -0.2) is 4.98 Å². The molecule has 1 aliphatic carbocycles. The number of nitrogens with zero attached hydrogens (tertiary/aromatic N) is 2. The van der Waals surface area contributed by atoms with Crippen LogP contribution in [0.3, 0.4) is 0 Å². The number of para-hydroxylation sites is 1. The summed E-state index contributed by atoms with van der Waals surface area (Å²) in [5, 5.41) is 10.1. The molecule has 1 aliphatic rings. The van der Waals surface area contributed by atoms with Gasteiger partial charge in [-0.1, -0.05) is 24.3 Å². The lowest BCUT2D eigenvalue weighted by atomic mass is 9.93. The monoisotopic (exact) mass is 294 g/mol. The lowest BCUT2D eigenvalue weighted by molar-refractivity contribution is 0.151. The molecular weight excluding hydrogens is 272 g/mol. The first-order valence-corrected chi connectivity index (χ1v) is 7.86. The third-order valence-electron chi connectivity index (χ3n) is 4.34. The molecule has 1 aromatic heterocycles. The molecule has 22 heavy (non-hydrogen) atoms. The van der Waals surface area contributed by atoms with Crippen LogP contribution in [0.5, 0.6) is 0 Å². The number of aliphatic imine (C=N–C) groups is 1. The molecule has 2 aromatic rings. The van der Waals surface area contributed by atoms with E-state index in [9.17, 15) is 5.11 Å². The Bertz CT molecular complexity index is 714. The topological polar surface area (TPSA) is 45.5 Å². The van der Waals surface area contributed by atoms with E-state index in [0.29, 0.717) is 0 Å². The van der Waals surface area contributed by atoms with E-state index in [1.54, 1.807) is 0 Å². The Labute approximate surface area is 131 Å². The maximum absolute atomic E-state index is 10.1. The molecule has 1 aromatic carbocycles. The van der Waals surface area contributed by atoms with Crippen LogP contribution < -0.4 is 0 Å². The summed E-state index contributed by atoms with van der Waals surface area (Å²) in [6.07, 6.45) is 2.41. The first-order chi connectivity index (χ1) is 10.6. The molecule has 0 fully saturated rings. The van der Waals surface area contributed by atoms with Gasteiger partial charge >= 0.3 is 0 Å². The SMILES string of the molecule is CC(=Nc1c(C)cccc1C)c1ccc2c(n1)C(O)CCC2. The van der Waals surface area contributed by atoms with Gasteiger partial charge in [0, 0.05) is 0 Å². The summed E-state index contributed by atoms with van der Waals surface area (Å²) in [6.45, 7) is 6.13. The minimum Gasteiger partial charge on any atom is -0.387 e. The summed E-state index contributed by atoms with van der Waals surface area (Å²) in [5.74, 6) is 0. The molecule has 0 saturated carbocycles. The molecule has 0 spiro atoms. The van der Waals surface area contributed by atoms with Crippen molar-refractivity contribution in [3.8, 4) is 0 Å². The Kier molecular flexibility index (Phi) is 4.08. The zero-order valence-corrected chi connectivity index (χ0v) is 13.4. The van der Waals surface area contributed by atoms with Crippen LogP contribution in [-0.4, -0.2) is 15.8 Å².